The number of carbonyl (C=O) groups excluding carboxylic acids is 2. The van der Waals surface area contributed by atoms with Crippen LogP contribution >= 0.6 is 0 Å². The molecule has 15 heavy (non-hydrogen) atoms. The summed E-state index contributed by atoms with van der Waals surface area (Å²) >= 11 is 0. The van der Waals surface area contributed by atoms with Gasteiger partial charge in [-0.2, -0.15) is 0 Å². The lowest BCUT2D eigenvalue weighted by Crippen LogP contribution is -1.96. The third-order valence-electron chi connectivity index (χ3n) is 1.96. The Kier molecular flexibility index (Phi) is 3.98. The monoisotopic (exact) mass is 202 g/mol. The Balaban J connectivity index is 3.02. The van der Waals surface area contributed by atoms with Crippen LogP contribution in [0.1, 0.15) is 25.8 Å². The van der Waals surface area contributed by atoms with Gasteiger partial charge in [0.1, 0.15) is 5.78 Å². The van der Waals surface area contributed by atoms with Gasteiger partial charge in [-0.05, 0) is 31.1 Å². The number of ketones is 2. The summed E-state index contributed by atoms with van der Waals surface area (Å²) in [7, 11) is 0. The summed E-state index contributed by atoms with van der Waals surface area (Å²) in [5, 5.41) is 0. The summed E-state index contributed by atoms with van der Waals surface area (Å²) in [6.45, 7) is 3.01. The summed E-state index contributed by atoms with van der Waals surface area (Å²) in [5.74, 6) is 0.0291. The van der Waals surface area contributed by atoms with Crippen LogP contribution in [0.25, 0.3) is 5.57 Å². The molecule has 0 N–H and O–H groups in total. The molecule has 1 rings (SSSR count). The molecule has 0 saturated carbocycles. The van der Waals surface area contributed by atoms with Gasteiger partial charge in [-0.15, -0.1) is 0 Å². The molecule has 0 spiro atoms. The fourth-order valence-corrected chi connectivity index (χ4v) is 1.40. The van der Waals surface area contributed by atoms with E-state index in [1.165, 1.54) is 19.9 Å². The van der Waals surface area contributed by atoms with Crippen molar-refractivity contribution in [3.05, 3.63) is 42.0 Å². The van der Waals surface area contributed by atoms with E-state index in [4.69, 9.17) is 0 Å². The van der Waals surface area contributed by atoms with Gasteiger partial charge in [-0.25, -0.2) is 0 Å². The molecule has 0 atom stereocenters. The van der Waals surface area contributed by atoms with E-state index in [1.807, 2.05) is 30.3 Å². The Morgan fingerprint density at radius 1 is 1.13 bits per heavy atom. The highest BCUT2D eigenvalue weighted by Crippen LogP contribution is 2.18. The van der Waals surface area contributed by atoms with Gasteiger partial charge in [0, 0.05) is 6.42 Å². The maximum Gasteiger partial charge on any atom is 0.152 e. The molecule has 0 aliphatic rings. The summed E-state index contributed by atoms with van der Waals surface area (Å²) in [6, 6.07) is 9.49. The number of carbonyl (C=O) groups is 2. The molecule has 78 valence electrons. The van der Waals surface area contributed by atoms with Crippen molar-refractivity contribution in [3.63, 3.8) is 0 Å². The van der Waals surface area contributed by atoms with E-state index in [2.05, 4.69) is 0 Å². The van der Waals surface area contributed by atoms with E-state index in [1.54, 1.807) is 0 Å². The van der Waals surface area contributed by atoms with Gasteiger partial charge in [0.2, 0.25) is 0 Å². The normalized spacial score (nSPS) is 11.2. The topological polar surface area (TPSA) is 34.1 Å². The van der Waals surface area contributed by atoms with Crippen molar-refractivity contribution in [1.29, 1.82) is 0 Å². The van der Waals surface area contributed by atoms with Crippen molar-refractivity contribution in [2.24, 2.45) is 0 Å². The molecule has 2 nitrogen and oxygen atoms in total. The first-order valence-corrected chi connectivity index (χ1v) is 4.85. The van der Waals surface area contributed by atoms with Gasteiger partial charge in [0.05, 0.1) is 0 Å². The minimum absolute atomic E-state index is 0.0323. The first-order chi connectivity index (χ1) is 7.09. The summed E-state index contributed by atoms with van der Waals surface area (Å²) < 4.78 is 0. The molecule has 0 bridgehead atoms. The number of allylic oxidation sites excluding steroid dienone is 2. The minimum Gasteiger partial charge on any atom is -0.300 e. The van der Waals surface area contributed by atoms with Gasteiger partial charge in [-0.3, -0.25) is 9.59 Å². The van der Waals surface area contributed by atoms with Crippen molar-refractivity contribution in [2.75, 3.05) is 0 Å². The number of hydrogen-bond acceptors (Lipinski definition) is 2. The Labute approximate surface area is 89.6 Å². The van der Waals surface area contributed by atoms with Crippen LogP contribution < -0.4 is 0 Å². The summed E-state index contributed by atoms with van der Waals surface area (Å²) in [4.78, 5) is 22.1. The summed E-state index contributed by atoms with van der Waals surface area (Å²) in [6.07, 6.45) is 1.83. The van der Waals surface area contributed by atoms with Crippen LogP contribution in [-0.4, -0.2) is 11.6 Å². The van der Waals surface area contributed by atoms with Crippen molar-refractivity contribution < 1.29 is 9.59 Å². The Morgan fingerprint density at radius 2 is 1.73 bits per heavy atom. The van der Waals surface area contributed by atoms with Gasteiger partial charge < -0.3 is 0 Å². The van der Waals surface area contributed by atoms with Crippen LogP contribution in [0.4, 0.5) is 0 Å². The Hall–Kier alpha value is -1.70. The van der Waals surface area contributed by atoms with E-state index < -0.39 is 0 Å². The maximum absolute atomic E-state index is 11.1. The van der Waals surface area contributed by atoms with Crippen LogP contribution in [0.15, 0.2) is 36.4 Å². The van der Waals surface area contributed by atoms with Crippen LogP contribution in [-0.2, 0) is 9.59 Å². The van der Waals surface area contributed by atoms with E-state index in [9.17, 15) is 9.59 Å². The zero-order chi connectivity index (χ0) is 11.3. The molecule has 0 unspecified atom stereocenters. The number of Topliss-reactive ketones (excluding diaryl/α,β-unsaturated/α-hetero) is 1. The number of benzene rings is 1. The van der Waals surface area contributed by atoms with Crippen molar-refractivity contribution in [1.82, 2.24) is 0 Å². The molecule has 0 aromatic heterocycles. The third kappa shape index (κ3) is 3.90. The van der Waals surface area contributed by atoms with Gasteiger partial charge in [0.15, 0.2) is 5.78 Å². The fourth-order valence-electron chi connectivity index (χ4n) is 1.40. The lowest BCUT2D eigenvalue weighted by Gasteiger charge is -2.04. The van der Waals surface area contributed by atoms with Gasteiger partial charge in [0.25, 0.3) is 0 Å². The molecule has 0 amide bonds. The van der Waals surface area contributed by atoms with E-state index in [0.717, 1.165) is 11.1 Å². The molecule has 0 aliphatic carbocycles. The largest absolute Gasteiger partial charge is 0.300 e. The lowest BCUT2D eigenvalue weighted by atomic mass is 10.00. The van der Waals surface area contributed by atoms with Crippen molar-refractivity contribution >= 4 is 17.1 Å². The smallest absolute Gasteiger partial charge is 0.152 e. The molecule has 0 fully saturated rings. The zero-order valence-corrected chi connectivity index (χ0v) is 8.99. The highest BCUT2D eigenvalue weighted by atomic mass is 16.1. The van der Waals surface area contributed by atoms with Crippen LogP contribution in [0.3, 0.4) is 0 Å². The molecular weight excluding hydrogens is 188 g/mol. The first kappa shape index (κ1) is 11.4. The first-order valence-electron chi connectivity index (χ1n) is 4.85. The molecular formula is C13H14O2. The standard InChI is InChI=1S/C13H14O2/c1-10(14)8-13(9-11(2)15)12-6-4-3-5-7-12/h3-8H,9H2,1-2H3/b13-8-. The zero-order valence-electron chi connectivity index (χ0n) is 8.99. The lowest BCUT2D eigenvalue weighted by molar-refractivity contribution is -0.116. The van der Waals surface area contributed by atoms with Crippen molar-refractivity contribution in [2.45, 2.75) is 20.3 Å². The molecule has 1 aromatic rings. The number of rotatable bonds is 4. The quantitative estimate of drug-likeness (QED) is 0.703. The molecule has 0 radical (unpaired) electrons. The third-order valence-corrected chi connectivity index (χ3v) is 1.96. The second-order valence-corrected chi connectivity index (χ2v) is 3.53. The SMILES string of the molecule is CC(=O)/C=C(/CC(C)=O)c1ccccc1. The van der Waals surface area contributed by atoms with Gasteiger partial charge >= 0.3 is 0 Å². The average Bonchev–Trinajstić information content (AvgIpc) is 2.17. The van der Waals surface area contributed by atoms with E-state index in [0.29, 0.717) is 6.42 Å². The molecule has 0 heterocycles. The van der Waals surface area contributed by atoms with Gasteiger partial charge in [-0.1, -0.05) is 30.3 Å². The second kappa shape index (κ2) is 5.25. The fraction of sp³-hybridized carbons (Fsp3) is 0.231. The van der Waals surface area contributed by atoms with E-state index in [-0.39, 0.29) is 11.6 Å². The summed E-state index contributed by atoms with van der Waals surface area (Å²) in [5.41, 5.74) is 1.72. The highest BCUT2D eigenvalue weighted by Gasteiger charge is 2.05. The molecule has 2 heteroatoms. The van der Waals surface area contributed by atoms with Crippen LogP contribution in [0.2, 0.25) is 0 Å². The predicted molar refractivity (Wildman–Crippen MR) is 60.4 cm³/mol. The Bertz CT molecular complexity index is 388. The van der Waals surface area contributed by atoms with Crippen LogP contribution in [0.5, 0.6) is 0 Å². The van der Waals surface area contributed by atoms with Crippen molar-refractivity contribution in [3.8, 4) is 0 Å². The Morgan fingerprint density at radius 3 is 2.20 bits per heavy atom. The molecule has 0 aliphatic heterocycles. The maximum atomic E-state index is 11.1. The average molecular weight is 202 g/mol. The number of hydrogen-bond donors (Lipinski definition) is 0. The van der Waals surface area contributed by atoms with E-state index >= 15 is 0 Å². The second-order valence-electron chi connectivity index (χ2n) is 3.53. The highest BCUT2D eigenvalue weighted by molar-refractivity contribution is 5.99. The van der Waals surface area contributed by atoms with Crippen LogP contribution in [0, 0.1) is 0 Å². The molecule has 1 aromatic carbocycles. The molecule has 0 saturated heterocycles. The minimum atomic E-state index is -0.0323. The predicted octanol–water partition coefficient (Wildman–Crippen LogP) is 2.64.